The summed E-state index contributed by atoms with van der Waals surface area (Å²) in [5.41, 5.74) is 2.05. The van der Waals surface area contributed by atoms with E-state index in [0.29, 0.717) is 17.1 Å². The predicted octanol–water partition coefficient (Wildman–Crippen LogP) is 2.80. The van der Waals surface area contributed by atoms with Crippen molar-refractivity contribution in [2.24, 2.45) is 7.05 Å². The molecule has 0 aliphatic rings. The van der Waals surface area contributed by atoms with Crippen LogP contribution in [0, 0.1) is 5.82 Å². The molecule has 1 amide bonds. The molecule has 1 heterocycles. The molecule has 23 heavy (non-hydrogen) atoms. The van der Waals surface area contributed by atoms with Crippen LogP contribution in [0.4, 0.5) is 10.1 Å². The first kappa shape index (κ1) is 14.9. The van der Waals surface area contributed by atoms with E-state index < -0.39 is 0 Å². The molecular weight excluding hydrogens is 295 g/mol. The Bertz CT molecular complexity index is 844. The number of aromatic nitrogens is 3. The van der Waals surface area contributed by atoms with Crippen molar-refractivity contribution in [1.29, 1.82) is 0 Å². The van der Waals surface area contributed by atoms with Gasteiger partial charge in [0.15, 0.2) is 5.82 Å². The zero-order valence-electron chi connectivity index (χ0n) is 12.5. The molecule has 0 radical (unpaired) electrons. The summed E-state index contributed by atoms with van der Waals surface area (Å²) in [5, 5.41) is 10.8. The Morgan fingerprint density at radius 2 is 2.04 bits per heavy atom. The lowest BCUT2D eigenvalue weighted by molar-refractivity contribution is -0.115. The van der Waals surface area contributed by atoms with Crippen LogP contribution in [0.5, 0.6) is 0 Å². The summed E-state index contributed by atoms with van der Waals surface area (Å²) in [6, 6.07) is 13.4. The summed E-state index contributed by atoms with van der Waals surface area (Å²) in [5.74, 6) is 0.0895. The van der Waals surface area contributed by atoms with E-state index in [1.807, 2.05) is 25.2 Å². The Kier molecular flexibility index (Phi) is 4.14. The first-order chi connectivity index (χ1) is 11.1. The molecule has 1 N–H and O–H groups in total. The maximum atomic E-state index is 13.2. The number of hydrogen-bond donors (Lipinski definition) is 1. The highest BCUT2D eigenvalue weighted by Crippen LogP contribution is 2.25. The Morgan fingerprint density at radius 1 is 1.22 bits per heavy atom. The van der Waals surface area contributed by atoms with Crippen molar-refractivity contribution in [3.8, 4) is 11.4 Å². The van der Waals surface area contributed by atoms with Crippen molar-refractivity contribution in [2.45, 2.75) is 6.42 Å². The van der Waals surface area contributed by atoms with Crippen LogP contribution in [-0.4, -0.2) is 20.7 Å². The van der Waals surface area contributed by atoms with Gasteiger partial charge >= 0.3 is 0 Å². The van der Waals surface area contributed by atoms with Gasteiger partial charge in [-0.25, -0.2) is 4.39 Å². The van der Waals surface area contributed by atoms with Crippen LogP contribution in [0.25, 0.3) is 11.4 Å². The van der Waals surface area contributed by atoms with E-state index in [1.165, 1.54) is 12.1 Å². The quantitative estimate of drug-likeness (QED) is 0.806. The van der Waals surface area contributed by atoms with Crippen LogP contribution in [0.3, 0.4) is 0 Å². The first-order valence-corrected chi connectivity index (χ1v) is 7.11. The molecule has 6 heteroatoms. The smallest absolute Gasteiger partial charge is 0.228 e. The third-order valence-electron chi connectivity index (χ3n) is 3.41. The number of nitrogens with one attached hydrogen (secondary N) is 1. The molecule has 0 atom stereocenters. The average Bonchev–Trinajstić information content (AvgIpc) is 2.94. The normalized spacial score (nSPS) is 10.5. The zero-order valence-corrected chi connectivity index (χ0v) is 12.5. The Labute approximate surface area is 132 Å². The third kappa shape index (κ3) is 3.42. The van der Waals surface area contributed by atoms with Gasteiger partial charge in [0.05, 0.1) is 12.1 Å². The summed E-state index contributed by atoms with van der Waals surface area (Å²) >= 11 is 0. The Hall–Kier alpha value is -3.02. The van der Waals surface area contributed by atoms with E-state index in [9.17, 15) is 9.18 Å². The van der Waals surface area contributed by atoms with Crippen molar-refractivity contribution in [3.63, 3.8) is 0 Å². The number of amides is 1. The van der Waals surface area contributed by atoms with Crippen molar-refractivity contribution < 1.29 is 9.18 Å². The van der Waals surface area contributed by atoms with Crippen molar-refractivity contribution >= 4 is 11.6 Å². The molecule has 2 aromatic carbocycles. The highest BCUT2D eigenvalue weighted by molar-refractivity contribution is 5.95. The molecule has 0 aliphatic carbocycles. The number of carbonyl (C=O) groups excluding carboxylic acids is 1. The van der Waals surface area contributed by atoms with E-state index in [1.54, 1.807) is 29.1 Å². The molecule has 0 unspecified atom stereocenters. The molecule has 3 aromatic rings. The molecule has 1 aromatic heterocycles. The number of hydrogen-bond acceptors (Lipinski definition) is 3. The van der Waals surface area contributed by atoms with Gasteiger partial charge in [-0.15, -0.1) is 10.2 Å². The number of para-hydroxylation sites is 1. The lowest BCUT2D eigenvalue weighted by atomic mass is 10.1. The fraction of sp³-hybridized carbons (Fsp3) is 0.118. The van der Waals surface area contributed by atoms with Gasteiger partial charge in [0, 0.05) is 12.6 Å². The summed E-state index contributed by atoms with van der Waals surface area (Å²) < 4.78 is 15.0. The second-order valence-corrected chi connectivity index (χ2v) is 5.17. The molecule has 3 rings (SSSR count). The van der Waals surface area contributed by atoms with Crippen molar-refractivity contribution in [2.75, 3.05) is 5.32 Å². The summed E-state index contributed by atoms with van der Waals surface area (Å²) in [4.78, 5) is 12.2. The molecule has 0 bridgehead atoms. The van der Waals surface area contributed by atoms with Crippen LogP contribution >= 0.6 is 0 Å². The van der Waals surface area contributed by atoms with Gasteiger partial charge in [0.25, 0.3) is 0 Å². The number of nitrogens with zero attached hydrogens (tertiary/aromatic N) is 3. The predicted molar refractivity (Wildman–Crippen MR) is 85.2 cm³/mol. The minimum absolute atomic E-state index is 0.102. The molecule has 0 aliphatic heterocycles. The summed E-state index contributed by atoms with van der Waals surface area (Å²) in [6.07, 6.45) is 1.70. The second-order valence-electron chi connectivity index (χ2n) is 5.17. The van der Waals surface area contributed by atoms with E-state index in [-0.39, 0.29) is 18.1 Å². The third-order valence-corrected chi connectivity index (χ3v) is 3.41. The number of aryl methyl sites for hydroxylation is 1. The van der Waals surface area contributed by atoms with E-state index in [0.717, 1.165) is 5.56 Å². The summed E-state index contributed by atoms with van der Waals surface area (Å²) in [6.45, 7) is 0. The topological polar surface area (TPSA) is 59.8 Å². The molecule has 116 valence electrons. The van der Waals surface area contributed by atoms with E-state index in [2.05, 4.69) is 15.5 Å². The Balaban J connectivity index is 1.81. The van der Waals surface area contributed by atoms with Gasteiger partial charge in [-0.05, 0) is 29.8 Å². The summed E-state index contributed by atoms with van der Waals surface area (Å²) in [7, 11) is 1.83. The zero-order chi connectivity index (χ0) is 16.2. The van der Waals surface area contributed by atoms with Gasteiger partial charge < -0.3 is 9.88 Å². The number of carbonyl (C=O) groups is 1. The highest BCUT2D eigenvalue weighted by Gasteiger charge is 2.12. The molecule has 0 spiro atoms. The molecular formula is C17H15FN4O. The lowest BCUT2D eigenvalue weighted by Gasteiger charge is -2.10. The van der Waals surface area contributed by atoms with Gasteiger partial charge in [-0.1, -0.05) is 24.3 Å². The monoisotopic (exact) mass is 310 g/mol. The number of benzene rings is 2. The first-order valence-electron chi connectivity index (χ1n) is 7.11. The highest BCUT2D eigenvalue weighted by atomic mass is 19.1. The van der Waals surface area contributed by atoms with Gasteiger partial charge in [-0.3, -0.25) is 4.79 Å². The Morgan fingerprint density at radius 3 is 2.78 bits per heavy atom. The van der Waals surface area contributed by atoms with Crippen LogP contribution in [0.1, 0.15) is 5.56 Å². The van der Waals surface area contributed by atoms with Crippen LogP contribution in [0.15, 0.2) is 54.9 Å². The van der Waals surface area contributed by atoms with Crippen LogP contribution < -0.4 is 5.32 Å². The van der Waals surface area contributed by atoms with Crippen molar-refractivity contribution in [3.05, 3.63) is 66.2 Å². The number of anilines is 1. The second kappa shape index (κ2) is 6.39. The van der Waals surface area contributed by atoms with E-state index >= 15 is 0 Å². The fourth-order valence-electron chi connectivity index (χ4n) is 2.34. The van der Waals surface area contributed by atoms with Crippen LogP contribution in [-0.2, 0) is 18.3 Å². The largest absolute Gasteiger partial charge is 0.325 e. The SMILES string of the molecule is Cn1cnnc1-c1ccccc1NC(=O)Cc1cccc(F)c1. The maximum Gasteiger partial charge on any atom is 0.228 e. The van der Waals surface area contributed by atoms with Gasteiger partial charge in [-0.2, -0.15) is 0 Å². The van der Waals surface area contributed by atoms with Gasteiger partial charge in [0.2, 0.25) is 5.91 Å². The molecule has 0 saturated heterocycles. The maximum absolute atomic E-state index is 13.2. The minimum Gasteiger partial charge on any atom is -0.325 e. The van der Waals surface area contributed by atoms with Gasteiger partial charge in [0.1, 0.15) is 12.1 Å². The number of halogens is 1. The van der Waals surface area contributed by atoms with Crippen LogP contribution in [0.2, 0.25) is 0 Å². The average molecular weight is 310 g/mol. The number of rotatable bonds is 4. The lowest BCUT2D eigenvalue weighted by Crippen LogP contribution is -2.15. The minimum atomic E-state index is -0.352. The fourth-order valence-corrected chi connectivity index (χ4v) is 2.34. The standard InChI is InChI=1S/C17H15FN4O/c1-22-11-19-21-17(22)14-7-2-3-8-15(14)20-16(23)10-12-5-4-6-13(18)9-12/h2-9,11H,10H2,1H3,(H,20,23). The molecule has 5 nitrogen and oxygen atoms in total. The molecule has 0 fully saturated rings. The van der Waals surface area contributed by atoms with Crippen molar-refractivity contribution in [1.82, 2.24) is 14.8 Å². The van der Waals surface area contributed by atoms with E-state index in [4.69, 9.17) is 0 Å². The molecule has 0 saturated carbocycles.